The first kappa shape index (κ1) is 16.7. The molecule has 0 spiro atoms. The highest BCUT2D eigenvalue weighted by atomic mass is 16.6. The van der Waals surface area contributed by atoms with Gasteiger partial charge in [0.15, 0.2) is 5.82 Å². The Hall–Kier alpha value is -3.16. The van der Waals surface area contributed by atoms with E-state index in [9.17, 15) is 9.59 Å². The number of nitrogens with one attached hydrogen (secondary N) is 1. The largest absolute Gasteiger partial charge is 0.443 e. The molecule has 130 valence electrons. The van der Waals surface area contributed by atoms with Gasteiger partial charge in [0.25, 0.3) is 5.91 Å². The van der Waals surface area contributed by atoms with Crippen molar-refractivity contribution in [3.05, 3.63) is 41.9 Å². The van der Waals surface area contributed by atoms with Crippen LogP contribution in [0.3, 0.4) is 0 Å². The summed E-state index contributed by atoms with van der Waals surface area (Å²) in [6, 6.07) is 5.26. The van der Waals surface area contributed by atoms with E-state index in [4.69, 9.17) is 10.5 Å². The Kier molecular flexibility index (Phi) is 4.03. The second-order valence-corrected chi connectivity index (χ2v) is 6.70. The van der Waals surface area contributed by atoms with E-state index in [1.54, 1.807) is 39.0 Å². The number of ether oxygens (including phenoxy) is 1. The number of carbonyl (C=O) groups excluding carboxylic acids is 2. The topological polar surface area (TPSA) is 110 Å². The fourth-order valence-electron chi connectivity index (χ4n) is 2.42. The molecule has 2 aromatic rings. The van der Waals surface area contributed by atoms with Crippen LogP contribution in [0.15, 0.2) is 30.7 Å². The van der Waals surface area contributed by atoms with Gasteiger partial charge in [-0.2, -0.15) is 0 Å². The van der Waals surface area contributed by atoms with Gasteiger partial charge in [0.2, 0.25) is 0 Å². The summed E-state index contributed by atoms with van der Waals surface area (Å²) < 4.78 is 5.28. The van der Waals surface area contributed by atoms with Gasteiger partial charge in [-0.1, -0.05) is 6.07 Å². The Morgan fingerprint density at radius 3 is 2.80 bits per heavy atom. The number of rotatable bonds is 2. The Balaban J connectivity index is 1.81. The molecule has 25 heavy (non-hydrogen) atoms. The lowest BCUT2D eigenvalue weighted by Gasteiger charge is -2.23. The van der Waals surface area contributed by atoms with Crippen molar-refractivity contribution in [2.45, 2.75) is 32.9 Å². The Morgan fingerprint density at radius 2 is 2.12 bits per heavy atom. The van der Waals surface area contributed by atoms with Gasteiger partial charge in [-0.15, -0.1) is 0 Å². The van der Waals surface area contributed by atoms with E-state index >= 15 is 0 Å². The molecule has 2 amide bonds. The molecule has 1 aliphatic rings. The first-order valence-electron chi connectivity index (χ1n) is 7.75. The minimum Gasteiger partial charge on any atom is -0.443 e. The summed E-state index contributed by atoms with van der Waals surface area (Å²) in [5.74, 6) is 0.0629. The number of hydrogen-bond donors (Lipinski definition) is 2. The molecule has 1 aliphatic heterocycles. The first-order chi connectivity index (χ1) is 11.7. The van der Waals surface area contributed by atoms with E-state index < -0.39 is 11.7 Å². The number of nitrogens with zero attached hydrogens (tertiary/aromatic N) is 3. The van der Waals surface area contributed by atoms with Crippen molar-refractivity contribution in [1.82, 2.24) is 14.9 Å². The van der Waals surface area contributed by atoms with E-state index in [1.807, 2.05) is 0 Å². The summed E-state index contributed by atoms with van der Waals surface area (Å²) in [6.45, 7) is 5.46. The summed E-state index contributed by atoms with van der Waals surface area (Å²) >= 11 is 0. The molecule has 0 bridgehead atoms. The molecule has 1 aromatic heterocycles. The van der Waals surface area contributed by atoms with Crippen molar-refractivity contribution < 1.29 is 14.3 Å². The van der Waals surface area contributed by atoms with Gasteiger partial charge in [-0.3, -0.25) is 4.79 Å². The third-order valence-corrected chi connectivity index (χ3v) is 3.53. The van der Waals surface area contributed by atoms with Crippen molar-refractivity contribution in [2.75, 3.05) is 11.1 Å². The fraction of sp³-hybridized carbons (Fsp3) is 0.294. The van der Waals surface area contributed by atoms with Crippen LogP contribution in [0.25, 0.3) is 0 Å². The fourth-order valence-corrected chi connectivity index (χ4v) is 2.42. The number of imide groups is 1. The second-order valence-electron chi connectivity index (χ2n) is 6.70. The minimum absolute atomic E-state index is 0.193. The first-order valence-corrected chi connectivity index (χ1v) is 7.75. The summed E-state index contributed by atoms with van der Waals surface area (Å²) in [5, 5.41) is 3.04. The highest BCUT2D eigenvalue weighted by molar-refractivity contribution is 6.07. The van der Waals surface area contributed by atoms with Crippen molar-refractivity contribution in [2.24, 2.45) is 0 Å². The zero-order chi connectivity index (χ0) is 18.2. The summed E-state index contributed by atoms with van der Waals surface area (Å²) in [5.41, 5.74) is 7.39. The van der Waals surface area contributed by atoms with Gasteiger partial charge >= 0.3 is 6.09 Å². The van der Waals surface area contributed by atoms with E-state index in [2.05, 4.69) is 15.3 Å². The van der Waals surface area contributed by atoms with Gasteiger partial charge in [0.1, 0.15) is 11.9 Å². The number of aromatic nitrogens is 2. The Bertz CT molecular complexity index is 844. The summed E-state index contributed by atoms with van der Waals surface area (Å²) in [4.78, 5) is 33.7. The number of anilines is 3. The van der Waals surface area contributed by atoms with Crippen LogP contribution in [-0.4, -0.2) is 32.5 Å². The van der Waals surface area contributed by atoms with Gasteiger partial charge in [0.05, 0.1) is 18.4 Å². The zero-order valence-electron chi connectivity index (χ0n) is 14.2. The molecule has 3 rings (SSSR count). The average molecular weight is 341 g/mol. The Morgan fingerprint density at radius 1 is 1.36 bits per heavy atom. The predicted molar refractivity (Wildman–Crippen MR) is 92.3 cm³/mol. The zero-order valence-corrected chi connectivity index (χ0v) is 14.2. The minimum atomic E-state index is -0.663. The molecule has 3 N–H and O–H groups in total. The van der Waals surface area contributed by atoms with Crippen LogP contribution in [0.5, 0.6) is 0 Å². The predicted octanol–water partition coefficient (Wildman–Crippen LogP) is 2.69. The maximum absolute atomic E-state index is 12.5. The standard InChI is InChI=1S/C17H19N5O3/c1-17(2,3)25-16(24)22-8-10-4-5-11(6-12(10)15(22)23)21-14-13(18)7-19-9-20-14/h4-7,9H,8,18H2,1-3H3,(H,19,20,21). The summed E-state index contributed by atoms with van der Waals surface area (Å²) in [7, 11) is 0. The molecule has 2 heterocycles. The third kappa shape index (κ3) is 3.52. The number of nitrogen functional groups attached to an aromatic ring is 1. The van der Waals surface area contributed by atoms with Crippen LogP contribution in [0.1, 0.15) is 36.7 Å². The molecule has 0 saturated heterocycles. The molecule has 0 radical (unpaired) electrons. The molecule has 0 unspecified atom stereocenters. The van der Waals surface area contributed by atoms with Crippen LogP contribution in [0, 0.1) is 0 Å². The number of nitrogens with two attached hydrogens (primary N) is 1. The molecule has 0 saturated carbocycles. The number of fused-ring (bicyclic) bond motifs is 1. The third-order valence-electron chi connectivity index (χ3n) is 3.53. The van der Waals surface area contributed by atoms with Crippen LogP contribution in [0.4, 0.5) is 22.0 Å². The molecule has 0 aliphatic carbocycles. The van der Waals surface area contributed by atoms with Crippen LogP contribution >= 0.6 is 0 Å². The lowest BCUT2D eigenvalue weighted by Crippen LogP contribution is -2.36. The summed E-state index contributed by atoms with van der Waals surface area (Å²) in [6.07, 6.45) is 2.21. The smallest absolute Gasteiger partial charge is 0.417 e. The lowest BCUT2D eigenvalue weighted by atomic mass is 10.1. The van der Waals surface area contributed by atoms with E-state index in [-0.39, 0.29) is 12.5 Å². The highest BCUT2D eigenvalue weighted by Gasteiger charge is 2.35. The van der Waals surface area contributed by atoms with E-state index in [1.165, 1.54) is 12.5 Å². The molecule has 1 aromatic carbocycles. The van der Waals surface area contributed by atoms with Gasteiger partial charge in [-0.25, -0.2) is 19.7 Å². The van der Waals surface area contributed by atoms with Gasteiger partial charge in [0, 0.05) is 11.3 Å². The number of amides is 2. The van der Waals surface area contributed by atoms with Gasteiger partial charge in [-0.05, 0) is 38.5 Å². The van der Waals surface area contributed by atoms with Crippen molar-refractivity contribution >= 4 is 29.2 Å². The van der Waals surface area contributed by atoms with Crippen LogP contribution < -0.4 is 11.1 Å². The monoisotopic (exact) mass is 341 g/mol. The van der Waals surface area contributed by atoms with Crippen molar-refractivity contribution in [3.8, 4) is 0 Å². The highest BCUT2D eigenvalue weighted by Crippen LogP contribution is 2.29. The molecular weight excluding hydrogens is 322 g/mol. The second kappa shape index (κ2) is 6.04. The maximum atomic E-state index is 12.5. The van der Waals surface area contributed by atoms with Crippen LogP contribution in [-0.2, 0) is 11.3 Å². The average Bonchev–Trinajstić information content (AvgIpc) is 2.85. The van der Waals surface area contributed by atoms with Crippen LogP contribution in [0.2, 0.25) is 0 Å². The quantitative estimate of drug-likeness (QED) is 0.864. The van der Waals surface area contributed by atoms with Crippen molar-refractivity contribution in [3.63, 3.8) is 0 Å². The number of carbonyl (C=O) groups is 2. The normalized spacial score (nSPS) is 13.6. The number of benzene rings is 1. The van der Waals surface area contributed by atoms with Gasteiger partial charge < -0.3 is 15.8 Å². The SMILES string of the molecule is CC(C)(C)OC(=O)N1Cc2ccc(Nc3ncncc3N)cc2C1=O. The molecule has 8 nitrogen and oxygen atoms in total. The van der Waals surface area contributed by atoms with Crippen molar-refractivity contribution in [1.29, 1.82) is 0 Å². The lowest BCUT2D eigenvalue weighted by molar-refractivity contribution is 0.0248. The number of hydrogen-bond acceptors (Lipinski definition) is 7. The van der Waals surface area contributed by atoms with E-state index in [0.29, 0.717) is 22.8 Å². The molecule has 8 heteroatoms. The molecule has 0 atom stereocenters. The van der Waals surface area contributed by atoms with E-state index in [0.717, 1.165) is 10.5 Å². The molecule has 0 fully saturated rings. The maximum Gasteiger partial charge on any atom is 0.417 e. The molecular formula is C17H19N5O3. The Labute approximate surface area is 145 Å².